The molecular weight excluding hydrogens is 230 g/mol. The van der Waals surface area contributed by atoms with Gasteiger partial charge in [-0.25, -0.2) is 4.98 Å². The van der Waals surface area contributed by atoms with Crippen LogP contribution in [0.2, 0.25) is 0 Å². The minimum Gasteiger partial charge on any atom is -0.497 e. The molecule has 18 heavy (non-hydrogen) atoms. The number of ether oxygens (including phenoxy) is 2. The number of nitrogens with one attached hydrogen (secondary N) is 2. The van der Waals surface area contributed by atoms with Crippen molar-refractivity contribution in [2.24, 2.45) is 0 Å². The molecule has 96 valence electrons. The van der Waals surface area contributed by atoms with Gasteiger partial charge >= 0.3 is 0 Å². The Hall–Kier alpha value is -2.17. The zero-order valence-electron chi connectivity index (χ0n) is 11.0. The molecule has 0 aliphatic rings. The van der Waals surface area contributed by atoms with Crippen molar-refractivity contribution in [1.82, 2.24) is 9.97 Å². The van der Waals surface area contributed by atoms with E-state index in [1.54, 1.807) is 14.2 Å². The SMILES string of the molecule is CNc1nc(-c2cc(OC)ccc2OC)c(C)[nH]1. The number of benzene rings is 1. The number of methoxy groups -OCH3 is 2. The van der Waals surface area contributed by atoms with E-state index in [0.717, 1.165) is 34.4 Å². The summed E-state index contributed by atoms with van der Waals surface area (Å²) in [5.74, 6) is 2.28. The minimum atomic E-state index is 0.729. The molecule has 0 unspecified atom stereocenters. The molecule has 0 aliphatic heterocycles. The summed E-state index contributed by atoms with van der Waals surface area (Å²) in [6.07, 6.45) is 0. The summed E-state index contributed by atoms with van der Waals surface area (Å²) in [5.41, 5.74) is 2.74. The highest BCUT2D eigenvalue weighted by Crippen LogP contribution is 2.34. The molecule has 1 aromatic carbocycles. The Kier molecular flexibility index (Phi) is 3.41. The van der Waals surface area contributed by atoms with Crippen LogP contribution in [0.4, 0.5) is 5.95 Å². The first-order chi connectivity index (χ1) is 8.69. The molecule has 0 amide bonds. The van der Waals surface area contributed by atoms with Gasteiger partial charge in [0.15, 0.2) is 0 Å². The van der Waals surface area contributed by atoms with Crippen molar-refractivity contribution in [3.05, 3.63) is 23.9 Å². The van der Waals surface area contributed by atoms with Crippen molar-refractivity contribution in [1.29, 1.82) is 0 Å². The van der Waals surface area contributed by atoms with Crippen LogP contribution in [0.3, 0.4) is 0 Å². The van der Waals surface area contributed by atoms with Crippen molar-refractivity contribution in [3.8, 4) is 22.8 Å². The molecule has 5 heteroatoms. The molecule has 0 aliphatic carbocycles. The fourth-order valence-corrected chi connectivity index (χ4v) is 1.84. The molecule has 2 rings (SSSR count). The largest absolute Gasteiger partial charge is 0.497 e. The van der Waals surface area contributed by atoms with Crippen molar-refractivity contribution >= 4 is 5.95 Å². The molecular formula is C13H17N3O2. The van der Waals surface area contributed by atoms with Crippen LogP contribution in [-0.4, -0.2) is 31.2 Å². The monoisotopic (exact) mass is 247 g/mol. The van der Waals surface area contributed by atoms with E-state index < -0.39 is 0 Å². The van der Waals surface area contributed by atoms with E-state index in [0.29, 0.717) is 0 Å². The minimum absolute atomic E-state index is 0.729. The molecule has 0 bridgehead atoms. The maximum absolute atomic E-state index is 5.37. The van der Waals surface area contributed by atoms with E-state index in [1.165, 1.54) is 0 Å². The summed E-state index contributed by atoms with van der Waals surface area (Å²) in [6.45, 7) is 1.97. The van der Waals surface area contributed by atoms with E-state index in [-0.39, 0.29) is 0 Å². The highest BCUT2D eigenvalue weighted by atomic mass is 16.5. The van der Waals surface area contributed by atoms with Gasteiger partial charge in [-0.3, -0.25) is 0 Å². The Morgan fingerprint density at radius 3 is 2.56 bits per heavy atom. The number of hydrogen-bond donors (Lipinski definition) is 2. The lowest BCUT2D eigenvalue weighted by Crippen LogP contribution is -1.92. The summed E-state index contributed by atoms with van der Waals surface area (Å²) in [4.78, 5) is 7.64. The Balaban J connectivity index is 2.56. The van der Waals surface area contributed by atoms with E-state index in [9.17, 15) is 0 Å². The summed E-state index contributed by atoms with van der Waals surface area (Å²) in [5, 5.41) is 2.99. The van der Waals surface area contributed by atoms with Crippen molar-refractivity contribution in [2.75, 3.05) is 26.6 Å². The number of aryl methyl sites for hydroxylation is 1. The van der Waals surface area contributed by atoms with Crippen LogP contribution in [0.25, 0.3) is 11.3 Å². The third kappa shape index (κ3) is 2.11. The van der Waals surface area contributed by atoms with Gasteiger partial charge in [0.1, 0.15) is 11.5 Å². The molecule has 2 aromatic rings. The van der Waals surface area contributed by atoms with Gasteiger partial charge in [-0.15, -0.1) is 0 Å². The molecule has 0 spiro atoms. The van der Waals surface area contributed by atoms with Gasteiger partial charge in [-0.2, -0.15) is 0 Å². The quantitative estimate of drug-likeness (QED) is 0.871. The molecule has 2 N–H and O–H groups in total. The number of rotatable bonds is 4. The lowest BCUT2D eigenvalue weighted by molar-refractivity contribution is 0.404. The van der Waals surface area contributed by atoms with Gasteiger partial charge in [0.2, 0.25) is 5.95 Å². The fourth-order valence-electron chi connectivity index (χ4n) is 1.84. The van der Waals surface area contributed by atoms with Gasteiger partial charge < -0.3 is 19.8 Å². The Morgan fingerprint density at radius 1 is 1.22 bits per heavy atom. The lowest BCUT2D eigenvalue weighted by Gasteiger charge is -2.09. The summed E-state index contributed by atoms with van der Waals surface area (Å²) < 4.78 is 10.6. The molecule has 5 nitrogen and oxygen atoms in total. The van der Waals surface area contributed by atoms with Gasteiger partial charge in [0.05, 0.1) is 19.9 Å². The maximum atomic E-state index is 5.37. The number of aromatic nitrogens is 2. The normalized spacial score (nSPS) is 10.2. The van der Waals surface area contributed by atoms with Crippen LogP contribution in [0, 0.1) is 6.92 Å². The predicted octanol–water partition coefficient (Wildman–Crippen LogP) is 2.44. The van der Waals surface area contributed by atoms with Gasteiger partial charge in [0, 0.05) is 18.3 Å². The molecule has 0 radical (unpaired) electrons. The van der Waals surface area contributed by atoms with E-state index in [2.05, 4.69) is 15.3 Å². The van der Waals surface area contributed by atoms with Crippen LogP contribution in [0.15, 0.2) is 18.2 Å². The van der Waals surface area contributed by atoms with Crippen molar-refractivity contribution in [2.45, 2.75) is 6.92 Å². The molecule has 1 aromatic heterocycles. The second-order valence-corrected chi connectivity index (χ2v) is 3.88. The predicted molar refractivity (Wildman–Crippen MR) is 71.4 cm³/mol. The topological polar surface area (TPSA) is 59.2 Å². The maximum Gasteiger partial charge on any atom is 0.200 e. The average Bonchev–Trinajstić information content (AvgIpc) is 2.79. The summed E-state index contributed by atoms with van der Waals surface area (Å²) in [7, 11) is 5.11. The van der Waals surface area contributed by atoms with Crippen molar-refractivity contribution < 1.29 is 9.47 Å². The molecule has 0 fully saturated rings. The number of anilines is 1. The molecule has 1 heterocycles. The number of imidazole rings is 1. The Bertz CT molecular complexity index is 549. The summed E-state index contributed by atoms with van der Waals surface area (Å²) in [6, 6.07) is 5.66. The zero-order chi connectivity index (χ0) is 13.1. The highest BCUT2D eigenvalue weighted by molar-refractivity contribution is 5.72. The van der Waals surface area contributed by atoms with E-state index in [1.807, 2.05) is 32.2 Å². The van der Waals surface area contributed by atoms with Gasteiger partial charge in [0.25, 0.3) is 0 Å². The van der Waals surface area contributed by atoms with Gasteiger partial charge in [-0.05, 0) is 25.1 Å². The Labute approximate surface area is 106 Å². The fraction of sp³-hybridized carbons (Fsp3) is 0.308. The second-order valence-electron chi connectivity index (χ2n) is 3.88. The Morgan fingerprint density at radius 2 is 2.00 bits per heavy atom. The van der Waals surface area contributed by atoms with Gasteiger partial charge in [-0.1, -0.05) is 0 Å². The molecule has 0 atom stereocenters. The number of nitrogens with zero attached hydrogens (tertiary/aromatic N) is 1. The number of hydrogen-bond acceptors (Lipinski definition) is 4. The van der Waals surface area contributed by atoms with Crippen LogP contribution >= 0.6 is 0 Å². The smallest absolute Gasteiger partial charge is 0.200 e. The lowest BCUT2D eigenvalue weighted by atomic mass is 10.1. The average molecular weight is 247 g/mol. The first kappa shape index (κ1) is 12.3. The third-order valence-electron chi connectivity index (χ3n) is 2.78. The van der Waals surface area contributed by atoms with Crippen LogP contribution in [0.1, 0.15) is 5.69 Å². The van der Waals surface area contributed by atoms with E-state index >= 15 is 0 Å². The third-order valence-corrected chi connectivity index (χ3v) is 2.78. The molecule has 0 saturated heterocycles. The van der Waals surface area contributed by atoms with Crippen LogP contribution in [0.5, 0.6) is 11.5 Å². The van der Waals surface area contributed by atoms with E-state index in [4.69, 9.17) is 9.47 Å². The molecule has 0 saturated carbocycles. The standard InChI is InChI=1S/C13H17N3O2/c1-8-12(16-13(14-2)15-8)10-7-9(17-3)5-6-11(10)18-4/h5-7H,1-4H3,(H2,14,15,16). The first-order valence-corrected chi connectivity index (χ1v) is 5.66. The van der Waals surface area contributed by atoms with Crippen LogP contribution < -0.4 is 14.8 Å². The first-order valence-electron chi connectivity index (χ1n) is 5.66. The van der Waals surface area contributed by atoms with Crippen LogP contribution in [-0.2, 0) is 0 Å². The zero-order valence-corrected chi connectivity index (χ0v) is 11.0. The number of H-pyrrole nitrogens is 1. The number of aromatic amines is 1. The highest BCUT2D eigenvalue weighted by Gasteiger charge is 2.14. The summed E-state index contributed by atoms with van der Waals surface area (Å²) >= 11 is 0. The van der Waals surface area contributed by atoms with Crippen molar-refractivity contribution in [3.63, 3.8) is 0 Å². The second kappa shape index (κ2) is 5.00.